The van der Waals surface area contributed by atoms with Gasteiger partial charge >= 0.3 is 6.03 Å². The molecule has 1 N–H and O–H groups in total. The summed E-state index contributed by atoms with van der Waals surface area (Å²) in [5.74, 6) is 0. The minimum Gasteiger partial charge on any atom is -0.336 e. The maximum absolute atomic E-state index is 11.3. The second-order valence-corrected chi connectivity index (χ2v) is 3.96. The van der Waals surface area contributed by atoms with E-state index >= 15 is 0 Å². The third-order valence-corrected chi connectivity index (χ3v) is 2.70. The van der Waals surface area contributed by atoms with Crippen LogP contribution in [0, 0.1) is 6.92 Å². The minimum atomic E-state index is 0.0719. The van der Waals surface area contributed by atoms with Gasteiger partial charge in [0, 0.05) is 19.6 Å². The number of hydrogen-bond acceptors (Lipinski definition) is 1. The van der Waals surface area contributed by atoms with Crippen molar-refractivity contribution in [2.75, 3.05) is 19.6 Å². The Morgan fingerprint density at radius 3 is 3.00 bits per heavy atom. The van der Waals surface area contributed by atoms with E-state index in [1.54, 1.807) is 0 Å². The molecule has 1 heterocycles. The lowest BCUT2D eigenvalue weighted by atomic mass is 10.1. The van der Waals surface area contributed by atoms with Crippen molar-refractivity contribution in [3.63, 3.8) is 0 Å². The van der Waals surface area contributed by atoms with E-state index < -0.39 is 0 Å². The molecule has 0 aliphatic carbocycles. The van der Waals surface area contributed by atoms with Crippen LogP contribution in [-0.2, 0) is 6.42 Å². The SMILES string of the molecule is Cc1cccc(CCN2CCNC2=O)c1. The Hall–Kier alpha value is -1.51. The highest BCUT2D eigenvalue weighted by Gasteiger charge is 2.18. The predicted molar refractivity (Wildman–Crippen MR) is 59.9 cm³/mol. The molecule has 3 heteroatoms. The van der Waals surface area contributed by atoms with Crippen molar-refractivity contribution in [1.29, 1.82) is 0 Å². The van der Waals surface area contributed by atoms with Gasteiger partial charge in [-0.1, -0.05) is 29.8 Å². The molecule has 0 aromatic heterocycles. The van der Waals surface area contributed by atoms with Gasteiger partial charge in [-0.05, 0) is 18.9 Å². The number of benzene rings is 1. The Morgan fingerprint density at radius 2 is 2.33 bits per heavy atom. The first-order chi connectivity index (χ1) is 7.25. The standard InChI is InChI=1S/C12H16N2O/c1-10-3-2-4-11(9-10)5-7-14-8-6-13-12(14)15/h2-4,9H,5-8H2,1H3,(H,13,15). The molecule has 15 heavy (non-hydrogen) atoms. The summed E-state index contributed by atoms with van der Waals surface area (Å²) in [5.41, 5.74) is 2.58. The molecular formula is C12H16N2O. The number of carbonyl (C=O) groups excluding carboxylic acids is 1. The molecule has 0 bridgehead atoms. The van der Waals surface area contributed by atoms with Gasteiger partial charge in [0.15, 0.2) is 0 Å². The molecule has 1 saturated heterocycles. The topological polar surface area (TPSA) is 32.3 Å². The Kier molecular flexibility index (Phi) is 2.90. The number of amides is 2. The van der Waals surface area contributed by atoms with Gasteiger partial charge in [-0.25, -0.2) is 4.79 Å². The van der Waals surface area contributed by atoms with Gasteiger partial charge in [0.2, 0.25) is 0 Å². The number of carbonyl (C=O) groups is 1. The average Bonchev–Trinajstić information content (AvgIpc) is 2.61. The fourth-order valence-corrected chi connectivity index (χ4v) is 1.86. The maximum Gasteiger partial charge on any atom is 0.317 e. The van der Waals surface area contributed by atoms with Gasteiger partial charge in [0.1, 0.15) is 0 Å². The fourth-order valence-electron chi connectivity index (χ4n) is 1.86. The van der Waals surface area contributed by atoms with Crippen molar-refractivity contribution in [3.05, 3.63) is 35.4 Å². The summed E-state index contributed by atoms with van der Waals surface area (Å²) in [6, 6.07) is 8.51. The van der Waals surface area contributed by atoms with Crippen LogP contribution in [0.15, 0.2) is 24.3 Å². The average molecular weight is 204 g/mol. The summed E-state index contributed by atoms with van der Waals surface area (Å²) in [6.45, 7) is 4.53. The number of hydrogen-bond donors (Lipinski definition) is 1. The summed E-state index contributed by atoms with van der Waals surface area (Å²) in [6.07, 6.45) is 0.940. The molecule has 0 unspecified atom stereocenters. The van der Waals surface area contributed by atoms with Crippen molar-refractivity contribution >= 4 is 6.03 Å². The third kappa shape index (κ3) is 2.49. The van der Waals surface area contributed by atoms with E-state index in [9.17, 15) is 4.79 Å². The summed E-state index contributed by atoms with van der Waals surface area (Å²) in [4.78, 5) is 13.1. The quantitative estimate of drug-likeness (QED) is 0.796. The van der Waals surface area contributed by atoms with E-state index in [1.807, 2.05) is 4.90 Å². The normalized spacial score (nSPS) is 15.5. The molecule has 2 rings (SSSR count). The highest BCUT2D eigenvalue weighted by molar-refractivity contribution is 5.76. The van der Waals surface area contributed by atoms with Gasteiger partial charge in [-0.15, -0.1) is 0 Å². The molecule has 1 aliphatic heterocycles. The van der Waals surface area contributed by atoms with Crippen molar-refractivity contribution < 1.29 is 4.79 Å². The number of nitrogens with zero attached hydrogens (tertiary/aromatic N) is 1. The van der Waals surface area contributed by atoms with Crippen LogP contribution in [0.4, 0.5) is 4.79 Å². The second-order valence-electron chi connectivity index (χ2n) is 3.96. The fraction of sp³-hybridized carbons (Fsp3) is 0.417. The zero-order valence-electron chi connectivity index (χ0n) is 8.99. The van der Waals surface area contributed by atoms with E-state index in [-0.39, 0.29) is 6.03 Å². The van der Waals surface area contributed by atoms with Gasteiger partial charge < -0.3 is 10.2 Å². The number of urea groups is 1. The number of nitrogens with one attached hydrogen (secondary N) is 1. The maximum atomic E-state index is 11.3. The second kappa shape index (κ2) is 4.34. The van der Waals surface area contributed by atoms with Crippen LogP contribution >= 0.6 is 0 Å². The molecule has 0 saturated carbocycles. The first-order valence-corrected chi connectivity index (χ1v) is 5.34. The molecular weight excluding hydrogens is 188 g/mol. The van der Waals surface area contributed by atoms with Crippen LogP contribution in [0.2, 0.25) is 0 Å². The molecule has 3 nitrogen and oxygen atoms in total. The van der Waals surface area contributed by atoms with E-state index in [2.05, 4.69) is 36.5 Å². The highest BCUT2D eigenvalue weighted by atomic mass is 16.2. The van der Waals surface area contributed by atoms with E-state index in [4.69, 9.17) is 0 Å². The van der Waals surface area contributed by atoms with Crippen LogP contribution in [-0.4, -0.2) is 30.6 Å². The highest BCUT2D eigenvalue weighted by Crippen LogP contribution is 2.06. The summed E-state index contributed by atoms with van der Waals surface area (Å²) < 4.78 is 0. The van der Waals surface area contributed by atoms with Crippen LogP contribution in [0.1, 0.15) is 11.1 Å². The number of rotatable bonds is 3. The van der Waals surface area contributed by atoms with Crippen molar-refractivity contribution in [2.24, 2.45) is 0 Å². The van der Waals surface area contributed by atoms with Crippen LogP contribution in [0.5, 0.6) is 0 Å². The number of aryl methyl sites for hydroxylation is 1. The van der Waals surface area contributed by atoms with Crippen molar-refractivity contribution in [1.82, 2.24) is 10.2 Å². The molecule has 1 fully saturated rings. The first-order valence-electron chi connectivity index (χ1n) is 5.34. The first kappa shape index (κ1) is 10.0. The van der Waals surface area contributed by atoms with Crippen molar-refractivity contribution in [3.8, 4) is 0 Å². The zero-order valence-corrected chi connectivity index (χ0v) is 8.99. The Bertz CT molecular complexity index is 362. The summed E-state index contributed by atoms with van der Waals surface area (Å²) in [5, 5.41) is 2.80. The lowest BCUT2D eigenvalue weighted by Gasteiger charge is -2.13. The monoisotopic (exact) mass is 204 g/mol. The molecule has 0 radical (unpaired) electrons. The predicted octanol–water partition coefficient (Wildman–Crippen LogP) is 1.56. The lowest BCUT2D eigenvalue weighted by molar-refractivity contribution is 0.218. The van der Waals surface area contributed by atoms with Crippen LogP contribution in [0.3, 0.4) is 0 Å². The largest absolute Gasteiger partial charge is 0.336 e. The molecule has 2 amide bonds. The van der Waals surface area contributed by atoms with Gasteiger partial charge in [0.05, 0.1) is 0 Å². The smallest absolute Gasteiger partial charge is 0.317 e. The molecule has 0 spiro atoms. The summed E-state index contributed by atoms with van der Waals surface area (Å²) in [7, 11) is 0. The lowest BCUT2D eigenvalue weighted by Crippen LogP contribution is -2.29. The Labute approximate surface area is 90.1 Å². The van der Waals surface area contributed by atoms with Gasteiger partial charge in [-0.2, -0.15) is 0 Å². The minimum absolute atomic E-state index is 0.0719. The zero-order chi connectivity index (χ0) is 10.7. The molecule has 0 atom stereocenters. The Balaban J connectivity index is 1.90. The Morgan fingerprint density at radius 1 is 1.47 bits per heavy atom. The molecule has 1 aromatic rings. The molecule has 1 aliphatic rings. The molecule has 80 valence electrons. The van der Waals surface area contributed by atoms with Gasteiger partial charge in [-0.3, -0.25) is 0 Å². The van der Waals surface area contributed by atoms with Crippen molar-refractivity contribution in [2.45, 2.75) is 13.3 Å². The molecule has 1 aromatic carbocycles. The van der Waals surface area contributed by atoms with Crippen LogP contribution < -0.4 is 5.32 Å². The third-order valence-electron chi connectivity index (χ3n) is 2.70. The van der Waals surface area contributed by atoms with E-state index in [1.165, 1.54) is 11.1 Å². The van der Waals surface area contributed by atoms with Crippen LogP contribution in [0.25, 0.3) is 0 Å². The summed E-state index contributed by atoms with van der Waals surface area (Å²) >= 11 is 0. The van der Waals surface area contributed by atoms with E-state index in [0.717, 1.165) is 26.1 Å². The van der Waals surface area contributed by atoms with E-state index in [0.29, 0.717) is 0 Å². The van der Waals surface area contributed by atoms with Gasteiger partial charge in [0.25, 0.3) is 0 Å².